The number of carboxylic acid groups (broad SMARTS) is 1. The summed E-state index contributed by atoms with van der Waals surface area (Å²) in [6.45, 7) is 4.32. The molecule has 0 saturated heterocycles. The second-order valence-corrected chi connectivity index (χ2v) is 4.75. The Morgan fingerprint density at radius 2 is 2.14 bits per heavy atom. The van der Waals surface area contributed by atoms with Gasteiger partial charge in [0.1, 0.15) is 17.1 Å². The topological polar surface area (TPSA) is 92.3 Å². The molecular formula is C15H16N2O4. The van der Waals surface area contributed by atoms with Crippen molar-refractivity contribution in [3.05, 3.63) is 57.3 Å². The minimum absolute atomic E-state index is 0.346. The Hall–Kier alpha value is -2.63. The number of rotatable bonds is 5. The van der Waals surface area contributed by atoms with Crippen LogP contribution in [0.25, 0.3) is 0 Å². The Kier molecular flexibility index (Phi) is 4.37. The van der Waals surface area contributed by atoms with Crippen molar-refractivity contribution in [2.45, 2.75) is 20.3 Å². The van der Waals surface area contributed by atoms with Crippen LogP contribution in [0, 0.1) is 13.8 Å². The highest BCUT2D eigenvalue weighted by Crippen LogP contribution is 2.18. The molecule has 2 aromatic rings. The van der Waals surface area contributed by atoms with Crippen LogP contribution >= 0.6 is 0 Å². The van der Waals surface area contributed by atoms with Gasteiger partial charge in [0, 0.05) is 12.6 Å². The van der Waals surface area contributed by atoms with Crippen LogP contribution in [0.4, 0.5) is 0 Å². The normalized spacial score (nSPS) is 10.4. The quantitative estimate of drug-likeness (QED) is 0.873. The van der Waals surface area contributed by atoms with Crippen LogP contribution in [0.1, 0.15) is 27.3 Å². The maximum atomic E-state index is 11.5. The summed E-state index contributed by atoms with van der Waals surface area (Å²) in [5.41, 5.74) is 1.18. The molecule has 0 bridgehead atoms. The van der Waals surface area contributed by atoms with Crippen LogP contribution in [0.15, 0.2) is 29.2 Å². The molecule has 0 aliphatic rings. The van der Waals surface area contributed by atoms with Crippen molar-refractivity contribution in [1.82, 2.24) is 9.97 Å². The molecule has 6 heteroatoms. The van der Waals surface area contributed by atoms with Gasteiger partial charge in [0.2, 0.25) is 0 Å². The van der Waals surface area contributed by atoms with Gasteiger partial charge >= 0.3 is 5.97 Å². The first-order valence-corrected chi connectivity index (χ1v) is 6.49. The highest BCUT2D eigenvalue weighted by atomic mass is 16.5. The van der Waals surface area contributed by atoms with E-state index in [1.807, 2.05) is 32.0 Å². The molecule has 110 valence electrons. The van der Waals surface area contributed by atoms with E-state index < -0.39 is 11.5 Å². The zero-order chi connectivity index (χ0) is 15.4. The van der Waals surface area contributed by atoms with Crippen molar-refractivity contribution in [3.8, 4) is 5.75 Å². The average molecular weight is 288 g/mol. The molecule has 0 aliphatic carbocycles. The number of aromatic nitrogens is 2. The van der Waals surface area contributed by atoms with Gasteiger partial charge in [0.15, 0.2) is 0 Å². The van der Waals surface area contributed by atoms with Crippen LogP contribution in [-0.2, 0) is 6.42 Å². The molecule has 0 radical (unpaired) electrons. The number of carbonyl (C=O) groups is 1. The average Bonchev–Trinajstić information content (AvgIpc) is 2.41. The predicted molar refractivity (Wildman–Crippen MR) is 76.9 cm³/mol. The lowest BCUT2D eigenvalue weighted by Crippen LogP contribution is -2.21. The molecule has 1 aromatic carbocycles. The van der Waals surface area contributed by atoms with E-state index in [1.165, 1.54) is 0 Å². The summed E-state index contributed by atoms with van der Waals surface area (Å²) in [4.78, 5) is 28.6. The monoisotopic (exact) mass is 288 g/mol. The van der Waals surface area contributed by atoms with E-state index >= 15 is 0 Å². The van der Waals surface area contributed by atoms with Crippen LogP contribution in [0.2, 0.25) is 0 Å². The maximum Gasteiger partial charge on any atom is 0.342 e. The van der Waals surface area contributed by atoms with E-state index in [-0.39, 0.29) is 5.56 Å². The van der Waals surface area contributed by atoms with Crippen molar-refractivity contribution in [2.24, 2.45) is 0 Å². The molecule has 0 fully saturated rings. The first-order valence-electron chi connectivity index (χ1n) is 6.49. The maximum absolute atomic E-state index is 11.5. The Morgan fingerprint density at radius 1 is 1.38 bits per heavy atom. The molecule has 2 rings (SSSR count). The van der Waals surface area contributed by atoms with Gasteiger partial charge in [-0.3, -0.25) is 4.79 Å². The number of aromatic carboxylic acids is 1. The van der Waals surface area contributed by atoms with E-state index in [9.17, 15) is 9.59 Å². The molecule has 21 heavy (non-hydrogen) atoms. The number of H-pyrrole nitrogens is 1. The zero-order valence-corrected chi connectivity index (χ0v) is 11.8. The number of hydrogen-bond donors (Lipinski definition) is 2. The zero-order valence-electron chi connectivity index (χ0n) is 11.8. The molecule has 1 heterocycles. The lowest BCUT2D eigenvalue weighted by Gasteiger charge is -2.09. The van der Waals surface area contributed by atoms with Gasteiger partial charge in [-0.05, 0) is 25.5 Å². The molecule has 0 aliphatic heterocycles. The van der Waals surface area contributed by atoms with Gasteiger partial charge in [-0.1, -0.05) is 17.7 Å². The molecule has 0 atom stereocenters. The minimum atomic E-state index is -1.29. The van der Waals surface area contributed by atoms with Crippen molar-refractivity contribution in [2.75, 3.05) is 6.61 Å². The van der Waals surface area contributed by atoms with Crippen molar-refractivity contribution < 1.29 is 14.6 Å². The van der Waals surface area contributed by atoms with Gasteiger partial charge in [-0.25, -0.2) is 9.78 Å². The van der Waals surface area contributed by atoms with Crippen molar-refractivity contribution in [3.63, 3.8) is 0 Å². The number of hydrogen-bond acceptors (Lipinski definition) is 4. The molecular weight excluding hydrogens is 272 g/mol. The molecule has 2 N–H and O–H groups in total. The summed E-state index contributed by atoms with van der Waals surface area (Å²) in [5, 5.41) is 8.75. The summed E-state index contributed by atoms with van der Waals surface area (Å²) in [5.74, 6) is -0.110. The standard InChI is InChI=1S/C15H16N2O4/c1-9-3-4-12(10(2)7-9)21-6-5-13-16-8-11(15(19)20)14(18)17-13/h3-4,7-8H,5-6H2,1-2H3,(H,19,20)(H,16,17,18). The number of aryl methyl sites for hydroxylation is 2. The van der Waals surface area contributed by atoms with Gasteiger partial charge in [0.25, 0.3) is 5.56 Å². The minimum Gasteiger partial charge on any atom is -0.493 e. The summed E-state index contributed by atoms with van der Waals surface area (Å²) < 4.78 is 5.63. The van der Waals surface area contributed by atoms with Gasteiger partial charge in [-0.2, -0.15) is 0 Å². The molecule has 0 spiro atoms. The van der Waals surface area contributed by atoms with Crippen LogP contribution in [0.3, 0.4) is 0 Å². The lowest BCUT2D eigenvalue weighted by atomic mass is 10.1. The third-order valence-corrected chi connectivity index (χ3v) is 3.01. The fourth-order valence-corrected chi connectivity index (χ4v) is 1.93. The number of benzene rings is 1. The first kappa shape index (κ1) is 14.8. The SMILES string of the molecule is Cc1ccc(OCCc2ncc(C(=O)O)c(=O)[nH]2)c(C)c1. The fourth-order valence-electron chi connectivity index (χ4n) is 1.93. The van der Waals surface area contributed by atoms with E-state index in [1.54, 1.807) is 0 Å². The Labute approximate surface area is 121 Å². The Bertz CT molecular complexity index is 722. The molecule has 0 saturated carbocycles. The van der Waals surface area contributed by atoms with Crippen LogP contribution in [0.5, 0.6) is 5.75 Å². The Morgan fingerprint density at radius 3 is 2.76 bits per heavy atom. The summed E-state index contributed by atoms with van der Waals surface area (Å²) in [7, 11) is 0. The number of nitrogens with one attached hydrogen (secondary N) is 1. The number of ether oxygens (including phenoxy) is 1. The summed E-state index contributed by atoms with van der Waals surface area (Å²) in [6, 6.07) is 5.88. The van der Waals surface area contributed by atoms with Gasteiger partial charge in [-0.15, -0.1) is 0 Å². The molecule has 1 aromatic heterocycles. The molecule has 6 nitrogen and oxygen atoms in total. The van der Waals surface area contributed by atoms with Gasteiger partial charge < -0.3 is 14.8 Å². The van der Waals surface area contributed by atoms with E-state index in [0.717, 1.165) is 23.1 Å². The molecule has 0 unspecified atom stereocenters. The largest absolute Gasteiger partial charge is 0.493 e. The summed E-state index contributed by atoms with van der Waals surface area (Å²) >= 11 is 0. The highest BCUT2D eigenvalue weighted by Gasteiger charge is 2.09. The number of nitrogens with zero attached hydrogens (tertiary/aromatic N) is 1. The Balaban J connectivity index is 1.99. The van der Waals surface area contributed by atoms with Crippen molar-refractivity contribution >= 4 is 5.97 Å². The first-order chi connectivity index (χ1) is 9.97. The summed E-state index contributed by atoms with van der Waals surface area (Å²) in [6.07, 6.45) is 1.45. The van der Waals surface area contributed by atoms with Crippen LogP contribution in [-0.4, -0.2) is 27.7 Å². The van der Waals surface area contributed by atoms with E-state index in [4.69, 9.17) is 9.84 Å². The fraction of sp³-hybridized carbons (Fsp3) is 0.267. The smallest absolute Gasteiger partial charge is 0.342 e. The lowest BCUT2D eigenvalue weighted by molar-refractivity contribution is 0.0694. The van der Waals surface area contributed by atoms with Gasteiger partial charge in [0.05, 0.1) is 6.61 Å². The second kappa shape index (κ2) is 6.21. The van der Waals surface area contributed by atoms with E-state index in [0.29, 0.717) is 18.9 Å². The van der Waals surface area contributed by atoms with Crippen LogP contribution < -0.4 is 10.3 Å². The highest BCUT2D eigenvalue weighted by molar-refractivity contribution is 5.86. The molecule has 0 amide bonds. The third-order valence-electron chi connectivity index (χ3n) is 3.01. The predicted octanol–water partition coefficient (Wildman–Crippen LogP) is 1.71. The number of aromatic amines is 1. The second-order valence-electron chi connectivity index (χ2n) is 4.75. The van der Waals surface area contributed by atoms with E-state index in [2.05, 4.69) is 9.97 Å². The van der Waals surface area contributed by atoms with Crippen molar-refractivity contribution in [1.29, 1.82) is 0 Å². The third kappa shape index (κ3) is 3.68. The number of carboxylic acids is 1.